The Morgan fingerprint density at radius 1 is 0.395 bits per heavy atom. The molecule has 0 aliphatic carbocycles. The summed E-state index contributed by atoms with van der Waals surface area (Å²) in [6.45, 7) is 12.1. The highest BCUT2D eigenvalue weighted by Gasteiger charge is 2.35. The number of rotatable bonds is 36. The molecule has 0 saturated carbocycles. The molecular weight excluding hydrogens is 528 g/mol. The minimum Gasteiger partial charge on any atom is -0.365 e. The van der Waals surface area contributed by atoms with Crippen molar-refractivity contribution in [1.82, 2.24) is 0 Å². The highest BCUT2D eigenvalue weighted by atomic mass is 17.2. The smallest absolute Gasteiger partial charge is 0.192 e. The van der Waals surface area contributed by atoms with E-state index in [1.165, 1.54) is 180 Å². The van der Waals surface area contributed by atoms with E-state index in [0.29, 0.717) is 18.4 Å². The van der Waals surface area contributed by atoms with Crippen molar-refractivity contribution >= 4 is 0 Å². The second-order valence-corrected chi connectivity index (χ2v) is 14.0. The van der Waals surface area contributed by atoms with E-state index >= 15 is 0 Å². The molecule has 3 nitrogen and oxygen atoms in total. The normalized spacial score (nSPS) is 14.7. The van der Waals surface area contributed by atoms with Gasteiger partial charge in [0.1, 0.15) is 0 Å². The highest BCUT2D eigenvalue weighted by Crippen LogP contribution is 2.37. The summed E-state index contributed by atoms with van der Waals surface area (Å²) < 4.78 is 0. The number of hydrogen-bond donors (Lipinski definition) is 1. The minimum absolute atomic E-state index is 0.185. The van der Waals surface area contributed by atoms with Crippen molar-refractivity contribution in [1.29, 1.82) is 0 Å². The Balaban J connectivity index is 4.49. The fourth-order valence-corrected chi connectivity index (χ4v) is 7.07. The zero-order valence-corrected chi connectivity index (χ0v) is 30.5. The number of aliphatic hydroxyl groups excluding tert-OH is 1. The van der Waals surface area contributed by atoms with E-state index in [4.69, 9.17) is 9.78 Å². The van der Waals surface area contributed by atoms with Crippen LogP contribution in [0, 0.1) is 17.8 Å². The lowest BCUT2D eigenvalue weighted by molar-refractivity contribution is -0.388. The molecule has 1 N–H and O–H groups in total. The summed E-state index contributed by atoms with van der Waals surface area (Å²) in [6.07, 6.45) is 38.6. The minimum atomic E-state index is -0.801. The van der Waals surface area contributed by atoms with E-state index in [0.717, 1.165) is 12.8 Å². The van der Waals surface area contributed by atoms with Crippen molar-refractivity contribution < 1.29 is 14.9 Å². The van der Waals surface area contributed by atoms with Crippen molar-refractivity contribution in [2.24, 2.45) is 17.8 Å². The Hall–Kier alpha value is -0.120. The first-order valence-electron chi connectivity index (χ1n) is 20.1. The molecule has 0 aromatic rings. The van der Waals surface area contributed by atoms with E-state index in [2.05, 4.69) is 34.6 Å². The molecule has 0 bridgehead atoms. The maximum Gasteiger partial charge on any atom is 0.192 e. The van der Waals surface area contributed by atoms with Gasteiger partial charge in [-0.3, -0.25) is 0 Å². The van der Waals surface area contributed by atoms with Gasteiger partial charge in [0.2, 0.25) is 0 Å². The Kier molecular flexibility index (Phi) is 34.7. The van der Waals surface area contributed by atoms with E-state index in [-0.39, 0.29) is 5.92 Å². The molecule has 4 atom stereocenters. The molecule has 260 valence electrons. The van der Waals surface area contributed by atoms with Gasteiger partial charge in [0.15, 0.2) is 6.29 Å². The van der Waals surface area contributed by atoms with Gasteiger partial charge in [0.05, 0.1) is 6.61 Å². The first-order valence-corrected chi connectivity index (χ1v) is 20.1. The maximum absolute atomic E-state index is 11.4. The topological polar surface area (TPSA) is 38.7 Å². The van der Waals surface area contributed by atoms with Crippen LogP contribution in [0.2, 0.25) is 0 Å². The molecule has 43 heavy (non-hydrogen) atoms. The summed E-state index contributed by atoms with van der Waals surface area (Å²) in [6, 6.07) is 0. The van der Waals surface area contributed by atoms with Crippen LogP contribution in [0.1, 0.15) is 227 Å². The van der Waals surface area contributed by atoms with Crippen LogP contribution in [0.4, 0.5) is 0 Å². The Bertz CT molecular complexity index is 510. The summed E-state index contributed by atoms with van der Waals surface area (Å²) >= 11 is 0. The predicted molar refractivity (Wildman–Crippen MR) is 190 cm³/mol. The first-order chi connectivity index (χ1) is 21.2. The highest BCUT2D eigenvalue weighted by molar-refractivity contribution is 4.79. The quantitative estimate of drug-likeness (QED) is 0.0332. The number of aliphatic hydroxyl groups is 1. The Labute approximate surface area is 272 Å². The van der Waals surface area contributed by atoms with Gasteiger partial charge in [-0.2, -0.15) is 0 Å². The van der Waals surface area contributed by atoms with Gasteiger partial charge in [0.25, 0.3) is 0 Å². The zero-order chi connectivity index (χ0) is 31.6. The van der Waals surface area contributed by atoms with Gasteiger partial charge in [-0.05, 0) is 37.5 Å². The molecule has 0 fully saturated rings. The zero-order valence-electron chi connectivity index (χ0n) is 30.5. The van der Waals surface area contributed by atoms with Crippen LogP contribution in [0.3, 0.4) is 0 Å². The third-order valence-corrected chi connectivity index (χ3v) is 9.98. The first kappa shape index (κ1) is 42.9. The molecule has 3 heteroatoms. The molecule has 0 amide bonds. The van der Waals surface area contributed by atoms with Crippen molar-refractivity contribution in [3.8, 4) is 0 Å². The van der Waals surface area contributed by atoms with Crippen LogP contribution in [-0.2, 0) is 9.78 Å². The van der Waals surface area contributed by atoms with Crippen molar-refractivity contribution in [3.05, 3.63) is 0 Å². The molecule has 0 aromatic heterocycles. The summed E-state index contributed by atoms with van der Waals surface area (Å²) in [5, 5.41) is 11.4. The SMILES string of the molecule is CCCCCCCCCCCCCCCCOOC(O)C(C(CC)CCCCC)C(CCCC)CCCCCCCCC. The second-order valence-electron chi connectivity index (χ2n) is 14.0. The summed E-state index contributed by atoms with van der Waals surface area (Å²) in [5.74, 6) is 1.23. The lowest BCUT2D eigenvalue weighted by Crippen LogP contribution is -2.36. The van der Waals surface area contributed by atoms with E-state index in [9.17, 15) is 5.11 Å². The van der Waals surface area contributed by atoms with E-state index in [1.54, 1.807) is 0 Å². The average Bonchev–Trinajstić information content (AvgIpc) is 3.01. The average molecular weight is 611 g/mol. The summed E-state index contributed by atoms with van der Waals surface area (Å²) in [4.78, 5) is 11.5. The molecule has 0 aromatic carbocycles. The summed E-state index contributed by atoms with van der Waals surface area (Å²) in [5.41, 5.74) is 0. The molecule has 0 heterocycles. The van der Waals surface area contributed by atoms with Crippen molar-refractivity contribution in [2.45, 2.75) is 234 Å². The lowest BCUT2D eigenvalue weighted by Gasteiger charge is -2.36. The van der Waals surface area contributed by atoms with Gasteiger partial charge in [0, 0.05) is 5.92 Å². The monoisotopic (exact) mass is 611 g/mol. The fourth-order valence-electron chi connectivity index (χ4n) is 7.07. The molecule has 4 unspecified atom stereocenters. The second kappa shape index (κ2) is 34.7. The third-order valence-electron chi connectivity index (χ3n) is 9.98. The van der Waals surface area contributed by atoms with Crippen LogP contribution in [0.25, 0.3) is 0 Å². The molecule has 0 aliphatic heterocycles. The van der Waals surface area contributed by atoms with Crippen LogP contribution in [0.5, 0.6) is 0 Å². The van der Waals surface area contributed by atoms with Gasteiger partial charge >= 0.3 is 0 Å². The third kappa shape index (κ3) is 26.8. The largest absolute Gasteiger partial charge is 0.365 e. The molecule has 0 rings (SSSR count). The van der Waals surface area contributed by atoms with Crippen LogP contribution in [-0.4, -0.2) is 18.0 Å². The van der Waals surface area contributed by atoms with E-state index < -0.39 is 6.29 Å². The predicted octanol–water partition coefficient (Wildman–Crippen LogP) is 13.9. The molecular formula is C40H82O3. The molecule has 0 aliphatic rings. The van der Waals surface area contributed by atoms with Crippen molar-refractivity contribution in [3.63, 3.8) is 0 Å². The van der Waals surface area contributed by atoms with Crippen LogP contribution < -0.4 is 0 Å². The van der Waals surface area contributed by atoms with Gasteiger partial charge in [-0.1, -0.05) is 202 Å². The Morgan fingerprint density at radius 3 is 1.21 bits per heavy atom. The maximum atomic E-state index is 11.4. The standard InChI is InChI=1S/C40H82O3/c1-6-11-15-17-19-20-21-22-23-24-25-27-29-32-36-42-43-40(41)39(37(10-5)34-30-13-8-3)38(33-14-9-4)35-31-28-26-18-16-12-7-2/h37-41H,6-36H2,1-5H3. The van der Waals surface area contributed by atoms with E-state index in [1.807, 2.05) is 0 Å². The lowest BCUT2D eigenvalue weighted by atomic mass is 9.73. The molecule has 0 spiro atoms. The van der Waals surface area contributed by atoms with Crippen molar-refractivity contribution in [2.75, 3.05) is 6.61 Å². The van der Waals surface area contributed by atoms with Gasteiger partial charge < -0.3 is 5.11 Å². The molecule has 0 saturated heterocycles. The number of hydrogen-bond acceptors (Lipinski definition) is 3. The van der Waals surface area contributed by atoms with Gasteiger partial charge in [-0.25, -0.2) is 9.78 Å². The fraction of sp³-hybridized carbons (Fsp3) is 1.00. The van der Waals surface area contributed by atoms with Gasteiger partial charge in [-0.15, -0.1) is 0 Å². The molecule has 0 radical (unpaired) electrons. The van der Waals surface area contributed by atoms with Crippen LogP contribution in [0.15, 0.2) is 0 Å². The number of unbranched alkanes of at least 4 members (excludes halogenated alkanes) is 22. The summed E-state index contributed by atoms with van der Waals surface area (Å²) in [7, 11) is 0. The Morgan fingerprint density at radius 2 is 0.744 bits per heavy atom. The van der Waals surface area contributed by atoms with Crippen LogP contribution >= 0.6 is 0 Å².